The van der Waals surface area contributed by atoms with Crippen molar-refractivity contribution in [3.05, 3.63) is 29.4 Å². The van der Waals surface area contributed by atoms with E-state index in [0.717, 1.165) is 18.5 Å². The van der Waals surface area contributed by atoms with Gasteiger partial charge in [0, 0.05) is 12.0 Å². The van der Waals surface area contributed by atoms with Crippen molar-refractivity contribution in [2.24, 2.45) is 5.73 Å². The highest BCUT2D eigenvalue weighted by molar-refractivity contribution is 5.89. The second-order valence-electron chi connectivity index (χ2n) is 5.08. The summed E-state index contributed by atoms with van der Waals surface area (Å²) in [6.07, 6.45) is 2.60. The predicted octanol–water partition coefficient (Wildman–Crippen LogP) is 0.537. The Balaban J connectivity index is 1.68. The maximum atomic E-state index is 11.0. The van der Waals surface area contributed by atoms with Crippen molar-refractivity contribution in [3.63, 3.8) is 0 Å². The van der Waals surface area contributed by atoms with Crippen LogP contribution in [0.5, 0.6) is 0 Å². The van der Waals surface area contributed by atoms with Crippen molar-refractivity contribution in [2.45, 2.75) is 37.8 Å². The molecule has 0 radical (unpaired) electrons. The average Bonchev–Trinajstić information content (AvgIpc) is 2.95. The molecule has 2 heterocycles. The van der Waals surface area contributed by atoms with Gasteiger partial charge in [-0.15, -0.1) is 5.10 Å². The number of primary amides is 1. The zero-order valence-corrected chi connectivity index (χ0v) is 10.9. The highest BCUT2D eigenvalue weighted by Gasteiger charge is 2.36. The number of aliphatic hydroxyl groups excluding tert-OH is 1. The number of rotatable bonds is 4. The molecule has 1 aliphatic carbocycles. The second kappa shape index (κ2) is 4.71. The molecule has 8 nitrogen and oxygen atoms in total. The van der Waals surface area contributed by atoms with E-state index >= 15 is 0 Å². The lowest BCUT2D eigenvalue weighted by molar-refractivity contribution is 0.0964. The average molecular weight is 277 g/mol. The standard InChI is InChI=1S/C12H15N5O3/c1-6(18)10-5-14-16-17(10)8-2-7(3-8)9-4-11(12(13)19)20-15-9/h4-8,18H,2-3H2,1H3,(H2,13,19)/t6-,7?,8?/m1/s1. The number of carbonyl (C=O) groups is 1. The monoisotopic (exact) mass is 277 g/mol. The molecule has 8 heteroatoms. The lowest BCUT2D eigenvalue weighted by Gasteiger charge is -2.34. The number of amides is 1. The minimum absolute atomic E-state index is 0.0777. The molecule has 106 valence electrons. The summed E-state index contributed by atoms with van der Waals surface area (Å²) in [5, 5.41) is 21.3. The Kier molecular flexibility index (Phi) is 3.01. The molecule has 1 atom stereocenters. The van der Waals surface area contributed by atoms with Crippen LogP contribution < -0.4 is 5.73 Å². The fourth-order valence-electron chi connectivity index (χ4n) is 2.46. The van der Waals surface area contributed by atoms with Gasteiger partial charge in [-0.1, -0.05) is 10.4 Å². The summed E-state index contributed by atoms with van der Waals surface area (Å²) in [6, 6.07) is 1.76. The molecule has 3 N–H and O–H groups in total. The van der Waals surface area contributed by atoms with Crippen LogP contribution in [0.1, 0.15) is 59.8 Å². The number of aliphatic hydroxyl groups is 1. The summed E-state index contributed by atoms with van der Waals surface area (Å²) < 4.78 is 6.62. The first-order valence-electron chi connectivity index (χ1n) is 6.41. The first-order valence-corrected chi connectivity index (χ1v) is 6.41. The molecule has 0 spiro atoms. The Morgan fingerprint density at radius 3 is 2.95 bits per heavy atom. The van der Waals surface area contributed by atoms with Gasteiger partial charge >= 0.3 is 0 Å². The topological polar surface area (TPSA) is 120 Å². The number of hydrogen-bond donors (Lipinski definition) is 2. The fraction of sp³-hybridized carbons (Fsp3) is 0.500. The molecule has 2 aromatic heterocycles. The Hall–Kier alpha value is -2.22. The highest BCUT2D eigenvalue weighted by Crippen LogP contribution is 2.44. The minimum Gasteiger partial charge on any atom is -0.387 e. The zero-order chi connectivity index (χ0) is 14.3. The SMILES string of the molecule is C[C@@H](O)c1cnnn1C1CC(c2cc(C(N)=O)on2)C1. The molecule has 0 bridgehead atoms. The van der Waals surface area contributed by atoms with Crippen molar-refractivity contribution in [1.82, 2.24) is 20.2 Å². The van der Waals surface area contributed by atoms with Gasteiger partial charge in [-0.25, -0.2) is 4.68 Å². The lowest BCUT2D eigenvalue weighted by atomic mass is 9.78. The van der Waals surface area contributed by atoms with E-state index < -0.39 is 12.0 Å². The van der Waals surface area contributed by atoms with Crippen molar-refractivity contribution >= 4 is 5.91 Å². The van der Waals surface area contributed by atoms with Crippen LogP contribution in [0.25, 0.3) is 0 Å². The van der Waals surface area contributed by atoms with Crippen LogP contribution in [0.3, 0.4) is 0 Å². The van der Waals surface area contributed by atoms with Crippen molar-refractivity contribution in [3.8, 4) is 0 Å². The molecule has 1 saturated carbocycles. The molecule has 2 aromatic rings. The van der Waals surface area contributed by atoms with E-state index in [1.807, 2.05) is 0 Å². The zero-order valence-electron chi connectivity index (χ0n) is 10.9. The number of aromatic nitrogens is 4. The summed E-state index contributed by atoms with van der Waals surface area (Å²) in [4.78, 5) is 11.0. The van der Waals surface area contributed by atoms with Gasteiger partial charge in [0.05, 0.1) is 29.7 Å². The summed E-state index contributed by atoms with van der Waals surface area (Å²) in [5.74, 6) is -0.330. The van der Waals surface area contributed by atoms with E-state index in [9.17, 15) is 9.90 Å². The Labute approximate surface area is 114 Å². The van der Waals surface area contributed by atoms with Crippen molar-refractivity contribution < 1.29 is 14.4 Å². The molecule has 3 rings (SSSR count). The molecule has 1 fully saturated rings. The van der Waals surface area contributed by atoms with Gasteiger partial charge < -0.3 is 15.4 Å². The normalized spacial score (nSPS) is 23.3. The van der Waals surface area contributed by atoms with E-state index in [1.165, 1.54) is 0 Å². The molecule has 20 heavy (non-hydrogen) atoms. The molecule has 0 aromatic carbocycles. The van der Waals surface area contributed by atoms with E-state index in [1.54, 1.807) is 23.9 Å². The van der Waals surface area contributed by atoms with Crippen LogP contribution in [-0.2, 0) is 0 Å². The van der Waals surface area contributed by atoms with E-state index in [-0.39, 0.29) is 17.7 Å². The van der Waals surface area contributed by atoms with E-state index in [4.69, 9.17) is 10.3 Å². The van der Waals surface area contributed by atoms with Gasteiger partial charge in [-0.3, -0.25) is 4.79 Å². The van der Waals surface area contributed by atoms with E-state index in [2.05, 4.69) is 15.5 Å². The summed E-state index contributed by atoms with van der Waals surface area (Å²) in [6.45, 7) is 1.68. The van der Waals surface area contributed by atoms with Gasteiger partial charge in [0.2, 0.25) is 5.76 Å². The highest BCUT2D eigenvalue weighted by atomic mass is 16.5. The van der Waals surface area contributed by atoms with Gasteiger partial charge in [-0.05, 0) is 19.8 Å². The van der Waals surface area contributed by atoms with Crippen molar-refractivity contribution in [2.75, 3.05) is 0 Å². The number of carbonyl (C=O) groups excluding carboxylic acids is 1. The van der Waals surface area contributed by atoms with Crippen molar-refractivity contribution in [1.29, 1.82) is 0 Å². The van der Waals surface area contributed by atoms with Crippen LogP contribution in [-0.4, -0.2) is 31.2 Å². The minimum atomic E-state index is -0.618. The van der Waals surface area contributed by atoms with Gasteiger partial charge in [0.1, 0.15) is 0 Å². The molecular formula is C12H15N5O3. The molecule has 0 unspecified atom stereocenters. The lowest BCUT2D eigenvalue weighted by Crippen LogP contribution is -2.28. The molecule has 0 saturated heterocycles. The molecule has 1 amide bonds. The van der Waals surface area contributed by atoms with Gasteiger partial charge in [-0.2, -0.15) is 0 Å². The number of nitrogens with zero attached hydrogens (tertiary/aromatic N) is 4. The Bertz CT molecular complexity index is 627. The Morgan fingerprint density at radius 1 is 1.60 bits per heavy atom. The Morgan fingerprint density at radius 2 is 2.35 bits per heavy atom. The quantitative estimate of drug-likeness (QED) is 0.841. The van der Waals surface area contributed by atoms with Crippen LogP contribution in [0.4, 0.5) is 0 Å². The van der Waals surface area contributed by atoms with Crippen LogP contribution in [0.2, 0.25) is 0 Å². The molecule has 1 aliphatic rings. The smallest absolute Gasteiger partial charge is 0.287 e. The summed E-state index contributed by atoms with van der Waals surface area (Å²) >= 11 is 0. The van der Waals surface area contributed by atoms with Crippen LogP contribution >= 0.6 is 0 Å². The maximum absolute atomic E-state index is 11.0. The largest absolute Gasteiger partial charge is 0.387 e. The molecule has 0 aliphatic heterocycles. The van der Waals surface area contributed by atoms with Crippen LogP contribution in [0, 0.1) is 0 Å². The van der Waals surface area contributed by atoms with Gasteiger partial charge in [0.15, 0.2) is 0 Å². The summed E-state index contributed by atoms with van der Waals surface area (Å²) in [5.41, 5.74) is 6.55. The molecular weight excluding hydrogens is 262 g/mol. The second-order valence-corrected chi connectivity index (χ2v) is 5.08. The van der Waals surface area contributed by atoms with E-state index in [0.29, 0.717) is 5.69 Å². The number of hydrogen-bond acceptors (Lipinski definition) is 6. The predicted molar refractivity (Wildman–Crippen MR) is 66.7 cm³/mol. The first-order chi connectivity index (χ1) is 9.56. The fourth-order valence-corrected chi connectivity index (χ4v) is 2.46. The third-order valence-electron chi connectivity index (χ3n) is 3.68. The van der Waals surface area contributed by atoms with Gasteiger partial charge in [0.25, 0.3) is 5.91 Å². The maximum Gasteiger partial charge on any atom is 0.287 e. The number of nitrogens with two attached hydrogens (primary N) is 1. The third kappa shape index (κ3) is 2.07. The van der Waals surface area contributed by atoms with Crippen LogP contribution in [0.15, 0.2) is 16.8 Å². The first kappa shape index (κ1) is 12.8. The third-order valence-corrected chi connectivity index (χ3v) is 3.68. The summed E-state index contributed by atoms with van der Waals surface area (Å²) in [7, 11) is 0.